The summed E-state index contributed by atoms with van der Waals surface area (Å²) in [5.74, 6) is 0.467. The summed E-state index contributed by atoms with van der Waals surface area (Å²) < 4.78 is 14.2. The quantitative estimate of drug-likeness (QED) is 0.619. The van der Waals surface area contributed by atoms with Crippen LogP contribution in [0.2, 0.25) is 5.02 Å². The van der Waals surface area contributed by atoms with Crippen LogP contribution in [0.3, 0.4) is 0 Å². The van der Waals surface area contributed by atoms with Crippen LogP contribution in [0.1, 0.15) is 62.0 Å². The van der Waals surface area contributed by atoms with Crippen molar-refractivity contribution in [2.45, 2.75) is 45.1 Å². The van der Waals surface area contributed by atoms with Crippen LogP contribution in [0.15, 0.2) is 24.5 Å². The van der Waals surface area contributed by atoms with Crippen LogP contribution in [0.25, 0.3) is 0 Å². The highest BCUT2D eigenvalue weighted by molar-refractivity contribution is 6.30. The van der Waals surface area contributed by atoms with Gasteiger partial charge >= 0.3 is 0 Å². The molecule has 1 unspecified atom stereocenters. The Morgan fingerprint density at radius 3 is 2.65 bits per heavy atom. The standard InChI is InChI=1S/C25H33ClFN5O2/c1-15(2)12-28-13-18(17-4-5-19(26)20(27)11-17)25(34)32-8-6-31(7-9-32)24-22-16(3)10-21(33)23(22)29-14-30-24/h4-5,11,14-16,18,21,28,33H,6-10,12-13H2,1-3H3/t16-,18?,21-/m1/s1. The van der Waals surface area contributed by atoms with Gasteiger partial charge in [0.15, 0.2) is 0 Å². The number of hydrogen-bond donors (Lipinski definition) is 2. The molecule has 0 radical (unpaired) electrons. The maximum atomic E-state index is 14.2. The summed E-state index contributed by atoms with van der Waals surface area (Å²) in [5.41, 5.74) is 2.36. The molecule has 0 bridgehead atoms. The van der Waals surface area contributed by atoms with Gasteiger partial charge in [-0.1, -0.05) is 38.4 Å². The fourth-order valence-electron chi connectivity index (χ4n) is 4.91. The first-order chi connectivity index (χ1) is 16.3. The predicted octanol–water partition coefficient (Wildman–Crippen LogP) is 3.49. The number of nitrogens with zero attached hydrogens (tertiary/aromatic N) is 4. The Balaban J connectivity index is 1.47. The molecule has 4 rings (SSSR count). The second-order valence-corrected chi connectivity index (χ2v) is 10.1. The van der Waals surface area contributed by atoms with Crippen molar-refractivity contribution in [3.8, 4) is 0 Å². The van der Waals surface area contributed by atoms with E-state index in [4.69, 9.17) is 11.6 Å². The highest BCUT2D eigenvalue weighted by Gasteiger charge is 2.35. The Labute approximate surface area is 205 Å². The third kappa shape index (κ3) is 5.19. The van der Waals surface area contributed by atoms with Gasteiger partial charge in [-0.2, -0.15) is 0 Å². The van der Waals surface area contributed by atoms with Crippen molar-refractivity contribution in [1.29, 1.82) is 0 Å². The number of aliphatic hydroxyl groups is 1. The maximum Gasteiger partial charge on any atom is 0.231 e. The molecule has 1 saturated heterocycles. The van der Waals surface area contributed by atoms with Gasteiger partial charge in [0.05, 0.1) is 22.7 Å². The van der Waals surface area contributed by atoms with E-state index in [9.17, 15) is 14.3 Å². The van der Waals surface area contributed by atoms with E-state index in [1.807, 2.05) is 4.90 Å². The van der Waals surface area contributed by atoms with Crippen LogP contribution in [-0.2, 0) is 4.79 Å². The molecule has 3 atom stereocenters. The van der Waals surface area contributed by atoms with E-state index in [0.29, 0.717) is 50.6 Å². The lowest BCUT2D eigenvalue weighted by atomic mass is 9.96. The molecule has 9 heteroatoms. The van der Waals surface area contributed by atoms with Gasteiger partial charge in [-0.25, -0.2) is 14.4 Å². The summed E-state index contributed by atoms with van der Waals surface area (Å²) in [7, 11) is 0. The van der Waals surface area contributed by atoms with Crippen LogP contribution >= 0.6 is 11.6 Å². The zero-order valence-corrected chi connectivity index (χ0v) is 20.7. The molecule has 1 aromatic heterocycles. The number of aliphatic hydroxyl groups excluding tert-OH is 1. The minimum Gasteiger partial charge on any atom is -0.387 e. The Morgan fingerprint density at radius 2 is 1.97 bits per heavy atom. The Morgan fingerprint density at radius 1 is 1.24 bits per heavy atom. The van der Waals surface area contributed by atoms with Gasteiger partial charge in [-0.05, 0) is 42.5 Å². The van der Waals surface area contributed by atoms with Crippen LogP contribution in [0.5, 0.6) is 0 Å². The van der Waals surface area contributed by atoms with Crippen molar-refractivity contribution in [2.24, 2.45) is 5.92 Å². The van der Waals surface area contributed by atoms with E-state index < -0.39 is 17.8 Å². The number of aromatic nitrogens is 2. The monoisotopic (exact) mass is 489 g/mol. The summed E-state index contributed by atoms with van der Waals surface area (Å²) in [6, 6.07) is 4.62. The van der Waals surface area contributed by atoms with E-state index in [1.54, 1.807) is 6.07 Å². The zero-order valence-electron chi connectivity index (χ0n) is 20.0. The minimum absolute atomic E-state index is 0.0191. The Bertz CT molecular complexity index is 1030. The smallest absolute Gasteiger partial charge is 0.231 e. The second kappa shape index (κ2) is 10.5. The van der Waals surface area contributed by atoms with Gasteiger partial charge in [-0.15, -0.1) is 0 Å². The number of halogens is 2. The van der Waals surface area contributed by atoms with Crippen molar-refractivity contribution >= 4 is 23.3 Å². The second-order valence-electron chi connectivity index (χ2n) is 9.74. The molecule has 2 aliphatic rings. The van der Waals surface area contributed by atoms with Crippen molar-refractivity contribution < 1.29 is 14.3 Å². The lowest BCUT2D eigenvalue weighted by Gasteiger charge is -2.38. The molecule has 1 fully saturated rings. The molecule has 2 aromatic rings. The van der Waals surface area contributed by atoms with E-state index in [1.165, 1.54) is 18.5 Å². The van der Waals surface area contributed by atoms with E-state index in [0.717, 1.165) is 23.6 Å². The van der Waals surface area contributed by atoms with Gasteiger partial charge < -0.3 is 20.2 Å². The summed E-state index contributed by atoms with van der Waals surface area (Å²) in [5, 5.41) is 13.7. The van der Waals surface area contributed by atoms with Crippen molar-refractivity contribution in [3.63, 3.8) is 0 Å². The Kier molecular flexibility index (Phi) is 7.70. The number of carbonyl (C=O) groups excluding carboxylic acids is 1. The highest BCUT2D eigenvalue weighted by atomic mass is 35.5. The fourth-order valence-corrected chi connectivity index (χ4v) is 5.02. The number of piperazine rings is 1. The number of amides is 1. The van der Waals surface area contributed by atoms with Gasteiger partial charge in [-0.3, -0.25) is 4.79 Å². The number of anilines is 1. The van der Waals surface area contributed by atoms with Crippen molar-refractivity contribution in [3.05, 3.63) is 52.2 Å². The average molecular weight is 490 g/mol. The molecular weight excluding hydrogens is 457 g/mol. The summed E-state index contributed by atoms with van der Waals surface area (Å²) in [4.78, 5) is 26.4. The summed E-state index contributed by atoms with van der Waals surface area (Å²) in [6.07, 6.45) is 1.62. The molecule has 0 saturated carbocycles. The molecule has 1 aliphatic carbocycles. The number of rotatable bonds is 7. The maximum absolute atomic E-state index is 14.2. The summed E-state index contributed by atoms with van der Waals surface area (Å²) in [6.45, 7) is 9.88. The van der Waals surface area contributed by atoms with Crippen LogP contribution in [0.4, 0.5) is 10.2 Å². The lowest BCUT2D eigenvalue weighted by molar-refractivity contribution is -0.133. The summed E-state index contributed by atoms with van der Waals surface area (Å²) >= 11 is 5.88. The van der Waals surface area contributed by atoms with Gasteiger partial charge in [0.2, 0.25) is 5.91 Å². The minimum atomic E-state index is -0.548. The number of hydrogen-bond acceptors (Lipinski definition) is 6. The largest absolute Gasteiger partial charge is 0.387 e. The van der Waals surface area contributed by atoms with Gasteiger partial charge in [0.1, 0.15) is 18.0 Å². The third-order valence-corrected chi connectivity index (χ3v) is 7.02. The molecule has 1 amide bonds. The average Bonchev–Trinajstić information content (AvgIpc) is 3.12. The van der Waals surface area contributed by atoms with Crippen LogP contribution in [0, 0.1) is 11.7 Å². The number of carbonyl (C=O) groups is 1. The first kappa shape index (κ1) is 24.8. The first-order valence-electron chi connectivity index (χ1n) is 12.0. The van der Waals surface area contributed by atoms with Crippen LogP contribution < -0.4 is 10.2 Å². The molecule has 7 nitrogen and oxygen atoms in total. The molecule has 1 aromatic carbocycles. The number of benzene rings is 1. The van der Waals surface area contributed by atoms with E-state index in [-0.39, 0.29) is 16.8 Å². The lowest BCUT2D eigenvalue weighted by Crippen LogP contribution is -2.51. The van der Waals surface area contributed by atoms with Gasteiger partial charge in [0.25, 0.3) is 0 Å². The molecule has 184 valence electrons. The van der Waals surface area contributed by atoms with Gasteiger partial charge in [0, 0.05) is 38.3 Å². The van der Waals surface area contributed by atoms with Crippen molar-refractivity contribution in [2.75, 3.05) is 44.2 Å². The highest BCUT2D eigenvalue weighted by Crippen LogP contribution is 2.42. The van der Waals surface area contributed by atoms with Crippen molar-refractivity contribution in [1.82, 2.24) is 20.2 Å². The molecular formula is C25H33ClFN5O2. The number of nitrogens with one attached hydrogen (secondary N) is 1. The molecule has 1 aliphatic heterocycles. The predicted molar refractivity (Wildman–Crippen MR) is 131 cm³/mol. The zero-order chi connectivity index (χ0) is 24.4. The molecule has 0 spiro atoms. The number of fused-ring (bicyclic) bond motifs is 1. The van der Waals surface area contributed by atoms with Crippen LogP contribution in [-0.4, -0.2) is 65.2 Å². The molecule has 2 heterocycles. The molecule has 34 heavy (non-hydrogen) atoms. The third-order valence-electron chi connectivity index (χ3n) is 6.71. The normalized spacial score (nSPS) is 21.1. The topological polar surface area (TPSA) is 81.6 Å². The van der Waals surface area contributed by atoms with E-state index in [2.05, 4.69) is 41.0 Å². The first-order valence-corrected chi connectivity index (χ1v) is 12.4. The van der Waals surface area contributed by atoms with E-state index >= 15 is 0 Å². The Hall–Kier alpha value is -2.29. The fraction of sp³-hybridized carbons (Fsp3) is 0.560. The molecule has 2 N–H and O–H groups in total. The SMILES string of the molecule is CC(C)CNCC(C(=O)N1CCN(c2ncnc3c2[C@H](C)C[C@H]3O)CC1)c1ccc(Cl)c(F)c1.